The minimum Gasteiger partial charge on any atom is -0.490 e. The van der Waals surface area contributed by atoms with Gasteiger partial charge in [0, 0.05) is 18.6 Å². The standard InChI is InChI=1S/C15H19BrO3/c1-10(11-3-4-11)15(17)12-5-6-14(13(16)9-12)19-8-7-18-2/h5-6,9-11H,3-4,7-8H2,1-2H3. The van der Waals surface area contributed by atoms with E-state index in [0.717, 1.165) is 15.8 Å². The van der Waals surface area contributed by atoms with Gasteiger partial charge in [-0.05, 0) is 52.9 Å². The Balaban J connectivity index is 2.03. The second kappa shape index (κ2) is 6.53. The van der Waals surface area contributed by atoms with E-state index >= 15 is 0 Å². The van der Waals surface area contributed by atoms with E-state index in [2.05, 4.69) is 15.9 Å². The van der Waals surface area contributed by atoms with Crippen LogP contribution in [0.25, 0.3) is 0 Å². The summed E-state index contributed by atoms with van der Waals surface area (Å²) in [6.07, 6.45) is 2.37. The quantitative estimate of drug-likeness (QED) is 0.566. The molecule has 0 spiro atoms. The van der Waals surface area contributed by atoms with Crippen molar-refractivity contribution in [2.75, 3.05) is 20.3 Å². The molecule has 1 aliphatic carbocycles. The van der Waals surface area contributed by atoms with Crippen LogP contribution in [0.1, 0.15) is 30.1 Å². The number of carbonyl (C=O) groups is 1. The first-order valence-corrected chi connectivity index (χ1v) is 7.38. The van der Waals surface area contributed by atoms with Gasteiger partial charge in [0.2, 0.25) is 0 Å². The zero-order chi connectivity index (χ0) is 13.8. The van der Waals surface area contributed by atoms with Crippen molar-refractivity contribution in [3.05, 3.63) is 28.2 Å². The number of carbonyl (C=O) groups excluding carboxylic acids is 1. The maximum Gasteiger partial charge on any atom is 0.165 e. The summed E-state index contributed by atoms with van der Waals surface area (Å²) in [5, 5.41) is 0. The molecule has 0 aromatic heterocycles. The van der Waals surface area contributed by atoms with Gasteiger partial charge in [-0.15, -0.1) is 0 Å². The summed E-state index contributed by atoms with van der Waals surface area (Å²) < 4.78 is 11.3. The molecule has 1 atom stereocenters. The third-order valence-electron chi connectivity index (χ3n) is 3.50. The lowest BCUT2D eigenvalue weighted by molar-refractivity contribution is 0.0916. The van der Waals surface area contributed by atoms with Crippen LogP contribution < -0.4 is 4.74 Å². The lowest BCUT2D eigenvalue weighted by Crippen LogP contribution is -2.13. The number of hydrogen-bond donors (Lipinski definition) is 0. The van der Waals surface area contributed by atoms with Crippen molar-refractivity contribution >= 4 is 21.7 Å². The minimum atomic E-state index is 0.132. The summed E-state index contributed by atoms with van der Waals surface area (Å²) in [4.78, 5) is 12.3. The molecule has 0 saturated heterocycles. The number of hydrogen-bond acceptors (Lipinski definition) is 3. The van der Waals surface area contributed by atoms with Crippen molar-refractivity contribution < 1.29 is 14.3 Å². The van der Waals surface area contributed by atoms with Crippen molar-refractivity contribution in [2.24, 2.45) is 11.8 Å². The Kier molecular flexibility index (Phi) is 4.99. The fourth-order valence-corrected chi connectivity index (χ4v) is 2.57. The fourth-order valence-electron chi connectivity index (χ4n) is 2.08. The minimum absolute atomic E-state index is 0.132. The lowest BCUT2D eigenvalue weighted by atomic mass is 9.95. The van der Waals surface area contributed by atoms with Crippen molar-refractivity contribution in [3.63, 3.8) is 0 Å². The smallest absolute Gasteiger partial charge is 0.165 e. The van der Waals surface area contributed by atoms with Crippen molar-refractivity contribution in [2.45, 2.75) is 19.8 Å². The molecule has 1 aliphatic rings. The number of benzene rings is 1. The van der Waals surface area contributed by atoms with E-state index in [1.165, 1.54) is 12.8 Å². The average molecular weight is 327 g/mol. The third kappa shape index (κ3) is 3.80. The Hall–Kier alpha value is -0.870. The van der Waals surface area contributed by atoms with Gasteiger partial charge >= 0.3 is 0 Å². The van der Waals surface area contributed by atoms with E-state index in [0.29, 0.717) is 19.1 Å². The molecule has 0 radical (unpaired) electrons. The monoisotopic (exact) mass is 326 g/mol. The molecule has 0 N–H and O–H groups in total. The molecule has 1 unspecified atom stereocenters. The molecule has 104 valence electrons. The van der Waals surface area contributed by atoms with Crippen LogP contribution in [0.5, 0.6) is 5.75 Å². The Labute approximate surface area is 122 Å². The number of rotatable bonds is 7. The molecular weight excluding hydrogens is 308 g/mol. The highest BCUT2D eigenvalue weighted by Gasteiger charge is 2.33. The van der Waals surface area contributed by atoms with Gasteiger partial charge in [-0.2, -0.15) is 0 Å². The molecule has 1 saturated carbocycles. The second-order valence-electron chi connectivity index (χ2n) is 4.98. The maximum absolute atomic E-state index is 12.3. The summed E-state index contributed by atoms with van der Waals surface area (Å²) >= 11 is 3.45. The summed E-state index contributed by atoms with van der Waals surface area (Å²) in [6, 6.07) is 5.53. The molecule has 19 heavy (non-hydrogen) atoms. The van der Waals surface area contributed by atoms with E-state index < -0.39 is 0 Å². The Morgan fingerprint density at radius 3 is 2.74 bits per heavy atom. The Morgan fingerprint density at radius 2 is 2.16 bits per heavy atom. The van der Waals surface area contributed by atoms with Gasteiger partial charge < -0.3 is 9.47 Å². The summed E-state index contributed by atoms with van der Waals surface area (Å²) in [6.45, 7) is 3.07. The molecular formula is C15H19BrO3. The normalized spacial score (nSPS) is 16.2. The van der Waals surface area contributed by atoms with E-state index in [4.69, 9.17) is 9.47 Å². The first-order valence-electron chi connectivity index (χ1n) is 6.59. The number of halogens is 1. The van der Waals surface area contributed by atoms with Gasteiger partial charge in [0.05, 0.1) is 11.1 Å². The molecule has 0 heterocycles. The topological polar surface area (TPSA) is 35.5 Å². The van der Waals surface area contributed by atoms with Crippen LogP contribution in [0.15, 0.2) is 22.7 Å². The zero-order valence-electron chi connectivity index (χ0n) is 11.3. The highest BCUT2D eigenvalue weighted by Crippen LogP contribution is 2.38. The average Bonchev–Trinajstić information content (AvgIpc) is 3.23. The lowest BCUT2D eigenvalue weighted by Gasteiger charge is -2.12. The SMILES string of the molecule is COCCOc1ccc(C(=O)C(C)C2CC2)cc1Br. The first-order chi connectivity index (χ1) is 9.13. The molecule has 1 fully saturated rings. The third-order valence-corrected chi connectivity index (χ3v) is 4.12. The van der Waals surface area contributed by atoms with Crippen LogP contribution >= 0.6 is 15.9 Å². The van der Waals surface area contributed by atoms with E-state index in [-0.39, 0.29) is 11.7 Å². The number of methoxy groups -OCH3 is 1. The highest BCUT2D eigenvalue weighted by atomic mass is 79.9. The summed E-state index contributed by atoms with van der Waals surface area (Å²) in [5.74, 6) is 1.69. The van der Waals surface area contributed by atoms with Gasteiger partial charge in [0.25, 0.3) is 0 Å². The molecule has 1 aromatic rings. The number of ketones is 1. The van der Waals surface area contributed by atoms with Crippen LogP contribution in [0.3, 0.4) is 0 Å². The van der Waals surface area contributed by atoms with Crippen molar-refractivity contribution in [1.29, 1.82) is 0 Å². The van der Waals surface area contributed by atoms with Gasteiger partial charge in [0.15, 0.2) is 5.78 Å². The van der Waals surface area contributed by atoms with Crippen LogP contribution in [0.2, 0.25) is 0 Å². The number of ether oxygens (including phenoxy) is 2. The molecule has 1 aromatic carbocycles. The number of Topliss-reactive ketones (excluding diaryl/α,β-unsaturated/α-hetero) is 1. The zero-order valence-corrected chi connectivity index (χ0v) is 12.9. The van der Waals surface area contributed by atoms with E-state index in [1.54, 1.807) is 7.11 Å². The summed E-state index contributed by atoms with van der Waals surface area (Å²) in [5.41, 5.74) is 0.755. The van der Waals surface area contributed by atoms with Crippen molar-refractivity contribution in [1.82, 2.24) is 0 Å². The Bertz CT molecular complexity index is 455. The van der Waals surface area contributed by atoms with Crippen LogP contribution in [0.4, 0.5) is 0 Å². The van der Waals surface area contributed by atoms with Gasteiger partial charge in [-0.3, -0.25) is 4.79 Å². The van der Waals surface area contributed by atoms with Crippen LogP contribution in [-0.2, 0) is 4.74 Å². The Morgan fingerprint density at radius 1 is 1.42 bits per heavy atom. The predicted octanol–water partition coefficient (Wildman–Crippen LogP) is 3.70. The van der Waals surface area contributed by atoms with Gasteiger partial charge in [-0.1, -0.05) is 6.92 Å². The van der Waals surface area contributed by atoms with Gasteiger partial charge in [0.1, 0.15) is 12.4 Å². The second-order valence-corrected chi connectivity index (χ2v) is 5.83. The molecule has 0 aliphatic heterocycles. The van der Waals surface area contributed by atoms with Crippen LogP contribution in [-0.4, -0.2) is 26.1 Å². The molecule has 4 heteroatoms. The first kappa shape index (κ1) is 14.5. The highest BCUT2D eigenvalue weighted by molar-refractivity contribution is 9.10. The van der Waals surface area contributed by atoms with Crippen molar-refractivity contribution in [3.8, 4) is 5.75 Å². The molecule has 0 bridgehead atoms. The van der Waals surface area contributed by atoms with E-state index in [1.807, 2.05) is 25.1 Å². The largest absolute Gasteiger partial charge is 0.490 e. The van der Waals surface area contributed by atoms with E-state index in [9.17, 15) is 4.79 Å². The van der Waals surface area contributed by atoms with Gasteiger partial charge in [-0.25, -0.2) is 0 Å². The fraction of sp³-hybridized carbons (Fsp3) is 0.533. The predicted molar refractivity (Wildman–Crippen MR) is 77.7 cm³/mol. The summed E-state index contributed by atoms with van der Waals surface area (Å²) in [7, 11) is 1.64. The molecule has 2 rings (SSSR count). The molecule has 0 amide bonds. The molecule has 3 nitrogen and oxygen atoms in total. The van der Waals surface area contributed by atoms with Crippen LogP contribution in [0, 0.1) is 11.8 Å². The maximum atomic E-state index is 12.3.